The lowest BCUT2D eigenvalue weighted by Gasteiger charge is -2.70. The van der Waals surface area contributed by atoms with Crippen LogP contribution in [0.3, 0.4) is 0 Å². The first-order valence-electron chi connectivity index (χ1n) is 29.7. The summed E-state index contributed by atoms with van der Waals surface area (Å²) in [5.74, 6) is -9.54. The summed E-state index contributed by atoms with van der Waals surface area (Å²) in [6, 6.07) is -4.64. The largest absolute Gasteiger partial charge is 0.469 e. The van der Waals surface area contributed by atoms with E-state index in [1.54, 1.807) is 0 Å². The lowest BCUT2D eigenvalue weighted by molar-refractivity contribution is -0.369. The fraction of sp³-hybridized carbons (Fsp3) is 0.800. The molecular weight excluding hydrogens is 1160 g/mol. The van der Waals surface area contributed by atoms with Crippen molar-refractivity contribution < 1.29 is 121 Å². The topological polar surface area (TPSA) is 400 Å². The van der Waals surface area contributed by atoms with E-state index in [0.717, 1.165) is 46.9 Å². The summed E-state index contributed by atoms with van der Waals surface area (Å²) in [6.45, 7) is 14.5. The Hall–Kier alpha value is -5.72. The summed E-state index contributed by atoms with van der Waals surface area (Å²) < 4.78 is 53.4. The second-order valence-corrected chi connectivity index (χ2v) is 26.7. The third-order valence-corrected chi connectivity index (χ3v) is 21.5. The summed E-state index contributed by atoms with van der Waals surface area (Å²) in [4.78, 5) is 133. The van der Waals surface area contributed by atoms with Gasteiger partial charge in [-0.05, 0) is 103 Å². The highest BCUT2D eigenvalue weighted by Crippen LogP contribution is 2.75. The van der Waals surface area contributed by atoms with E-state index in [4.69, 9.17) is 37.9 Å². The first-order chi connectivity index (χ1) is 41.1. The molecule has 28 heteroatoms. The lowest BCUT2D eigenvalue weighted by Crippen LogP contribution is -2.69. The third-order valence-electron chi connectivity index (χ3n) is 21.5. The van der Waals surface area contributed by atoms with Crippen LogP contribution in [0.25, 0.3) is 0 Å². The van der Waals surface area contributed by atoms with Gasteiger partial charge in [0, 0.05) is 11.3 Å². The van der Waals surface area contributed by atoms with Gasteiger partial charge in [0.2, 0.25) is 5.91 Å². The summed E-state index contributed by atoms with van der Waals surface area (Å²) in [7, 11) is 6.40. The Morgan fingerprint density at radius 2 is 1.03 bits per heavy atom. The minimum Gasteiger partial charge on any atom is -0.469 e. The minimum absolute atomic E-state index is 0.0516. The van der Waals surface area contributed by atoms with E-state index < -0.39 is 191 Å². The second kappa shape index (κ2) is 26.6. The molecule has 7 aliphatic rings. The van der Waals surface area contributed by atoms with Gasteiger partial charge in [-0.15, -0.1) is 0 Å². The Morgan fingerprint density at radius 1 is 0.557 bits per heavy atom. The average Bonchev–Trinajstić information content (AvgIpc) is 0.686. The highest BCUT2D eigenvalue weighted by Gasteiger charge is 2.71. The molecule has 0 aromatic carbocycles. The van der Waals surface area contributed by atoms with E-state index in [1.807, 2.05) is 26.8 Å². The lowest BCUT2D eigenvalue weighted by atomic mass is 9.33. The monoisotopic (exact) mass is 1250 g/mol. The molecule has 6 fully saturated rings. The maximum absolute atomic E-state index is 15.5. The van der Waals surface area contributed by atoms with E-state index in [-0.39, 0.29) is 29.5 Å². The van der Waals surface area contributed by atoms with Crippen molar-refractivity contribution in [3.05, 3.63) is 11.6 Å². The van der Waals surface area contributed by atoms with Crippen LogP contribution < -0.4 is 16.0 Å². The number of aliphatic hydroxyl groups excluding tert-OH is 5. The van der Waals surface area contributed by atoms with Crippen LogP contribution in [0.4, 0.5) is 0 Å². The van der Waals surface area contributed by atoms with Gasteiger partial charge in [-0.1, -0.05) is 54.0 Å². The number of amides is 3. The summed E-state index contributed by atoms with van der Waals surface area (Å²) in [5, 5.41) is 64.6. The predicted octanol–water partition coefficient (Wildman–Crippen LogP) is -0.345. The predicted molar refractivity (Wildman–Crippen MR) is 298 cm³/mol. The van der Waals surface area contributed by atoms with Gasteiger partial charge in [-0.2, -0.15) is 0 Å². The number of hydrogen-bond acceptors (Lipinski definition) is 25. The number of nitrogens with one attached hydrogen (secondary N) is 3. The Bertz CT molecular complexity index is 2740. The molecule has 2 heterocycles. The van der Waals surface area contributed by atoms with E-state index in [0.29, 0.717) is 38.5 Å². The van der Waals surface area contributed by atoms with Crippen molar-refractivity contribution >= 4 is 59.3 Å². The summed E-state index contributed by atoms with van der Waals surface area (Å²) in [6.07, 6.45) is -17.5. The van der Waals surface area contributed by atoms with Gasteiger partial charge in [-0.3, -0.25) is 33.6 Å². The van der Waals surface area contributed by atoms with Gasteiger partial charge in [0.15, 0.2) is 30.6 Å². The van der Waals surface area contributed by atoms with Gasteiger partial charge in [0.05, 0.1) is 68.0 Å². The van der Waals surface area contributed by atoms with Gasteiger partial charge < -0.3 is 88.9 Å². The van der Waals surface area contributed by atoms with Gasteiger partial charge in [-0.25, -0.2) is 14.4 Å². The maximum atomic E-state index is 15.5. The molecule has 22 atom stereocenters. The molecule has 2 saturated heterocycles. The molecule has 2 aliphatic heterocycles. The van der Waals surface area contributed by atoms with Crippen molar-refractivity contribution in [3.63, 3.8) is 0 Å². The number of ether oxygens (including phenoxy) is 10. The van der Waals surface area contributed by atoms with Crippen LogP contribution in [0.2, 0.25) is 0 Å². The number of aliphatic hydroxyl groups is 5. The molecule has 4 saturated carbocycles. The Balaban J connectivity index is 1.19. The molecule has 3 amide bonds. The van der Waals surface area contributed by atoms with E-state index in [2.05, 4.69) is 53.1 Å². The van der Waals surface area contributed by atoms with Gasteiger partial charge >= 0.3 is 35.8 Å². The Morgan fingerprint density at radius 3 is 1.53 bits per heavy atom. The number of hydrogen-bond donors (Lipinski definition) is 8. The molecule has 0 aromatic rings. The number of fused-ring (bicyclic) bond motifs is 7. The molecule has 0 spiro atoms. The van der Waals surface area contributed by atoms with Crippen LogP contribution in [0.15, 0.2) is 11.6 Å². The molecule has 5 aliphatic carbocycles. The molecule has 22 unspecified atom stereocenters. The van der Waals surface area contributed by atoms with Crippen LogP contribution in [0.1, 0.15) is 126 Å². The molecule has 0 bridgehead atoms. The number of ketones is 1. The standard InChI is InChI=1S/C60H89N3O25/c1-55(2)33-14-17-60(7)46(32(64)22-27-28-26-57(4,19-18-56(28,3)20-21-59(27,60)6)54(78)63-31(51(77)84-13)25-37(67)81-10)58(33,5)16-15-34(55)85-53-45(41(71)40(70)44(87-53)48(74)62-30(50(76)83-12)24-36(66)80-9)88-52-42(72)38(68)39(69)43(86-52)47(73)61-29(49(75)82-11)23-35(65)79-8/h22,28-31,33-34,38-46,52-53,68-72H,14-21,23-26H2,1-13H3,(H,61,73)(H,62,74)(H,63,78). The average molecular weight is 1250 g/mol. The van der Waals surface area contributed by atoms with Crippen LogP contribution >= 0.6 is 0 Å². The number of carbonyl (C=O) groups is 10. The SMILES string of the molecule is COC(=O)CC(NC(=O)C1OC(OC2C(OC3CCC4(C)C(CCC5(C)C4C(=O)C=C4C6CC(C)(C(=O)NC(CC(=O)OC)C(=O)OC)CCC6(C)CCC45C)C3(C)C)OC(C(=O)NC(CC(=O)OC)C(=O)OC)C(O)C2O)C(O)C(O)C1O)C(=O)OC. The van der Waals surface area contributed by atoms with Crippen molar-refractivity contribution in [3.8, 4) is 0 Å². The molecule has 494 valence electrons. The highest BCUT2D eigenvalue weighted by molar-refractivity contribution is 5.96. The number of carbonyl (C=O) groups excluding carboxylic acids is 10. The smallest absolute Gasteiger partial charge is 0.328 e. The molecule has 8 N–H and O–H groups in total. The highest BCUT2D eigenvalue weighted by atomic mass is 16.8. The zero-order valence-corrected chi connectivity index (χ0v) is 52.3. The third kappa shape index (κ3) is 12.8. The molecule has 0 radical (unpaired) electrons. The zero-order chi connectivity index (χ0) is 65.6. The van der Waals surface area contributed by atoms with E-state index in [1.165, 1.54) is 14.2 Å². The Labute approximate surface area is 510 Å². The minimum atomic E-state index is -2.25. The number of allylic oxidation sites excluding steroid dienone is 2. The van der Waals surface area contributed by atoms with Gasteiger partial charge in [0.25, 0.3) is 11.8 Å². The van der Waals surface area contributed by atoms with E-state index >= 15 is 4.79 Å². The molecule has 28 nitrogen and oxygen atoms in total. The molecular formula is C60H89N3O25. The second-order valence-electron chi connectivity index (χ2n) is 26.7. The first kappa shape index (κ1) is 69.7. The molecule has 88 heavy (non-hydrogen) atoms. The molecule has 0 aromatic heterocycles. The van der Waals surface area contributed by atoms with Crippen LogP contribution in [0.5, 0.6) is 0 Å². The fourth-order valence-electron chi connectivity index (χ4n) is 16.0. The van der Waals surface area contributed by atoms with Crippen LogP contribution in [-0.4, -0.2) is 213 Å². The van der Waals surface area contributed by atoms with Crippen molar-refractivity contribution in [1.82, 2.24) is 16.0 Å². The van der Waals surface area contributed by atoms with Crippen molar-refractivity contribution in [2.75, 3.05) is 42.7 Å². The number of rotatable bonds is 19. The van der Waals surface area contributed by atoms with E-state index in [9.17, 15) is 68.7 Å². The van der Waals surface area contributed by atoms with Crippen LogP contribution in [-0.2, 0) is 95.3 Å². The normalized spacial score (nSPS) is 39.2. The number of methoxy groups -OCH3 is 6. The van der Waals surface area contributed by atoms with Crippen molar-refractivity contribution in [1.29, 1.82) is 0 Å². The van der Waals surface area contributed by atoms with Crippen LogP contribution in [0, 0.1) is 50.2 Å². The number of esters is 6. The quantitative estimate of drug-likeness (QED) is 0.0466. The summed E-state index contributed by atoms with van der Waals surface area (Å²) >= 11 is 0. The molecule has 7 rings (SSSR count). The first-order valence-corrected chi connectivity index (χ1v) is 29.7. The zero-order valence-electron chi connectivity index (χ0n) is 52.3. The van der Waals surface area contributed by atoms with Crippen molar-refractivity contribution in [2.45, 2.75) is 211 Å². The maximum Gasteiger partial charge on any atom is 0.328 e. The Kier molecular flexibility index (Phi) is 21.1. The fourth-order valence-corrected chi connectivity index (χ4v) is 16.0. The van der Waals surface area contributed by atoms with Gasteiger partial charge in [0.1, 0.15) is 54.7 Å². The summed E-state index contributed by atoms with van der Waals surface area (Å²) in [5.41, 5.74) is -2.97. The van der Waals surface area contributed by atoms with Crippen molar-refractivity contribution in [2.24, 2.45) is 50.2 Å².